The molecule has 1 aliphatic rings. The fraction of sp³-hybridized carbons (Fsp3) is 0.417. The van der Waals surface area contributed by atoms with Gasteiger partial charge < -0.3 is 5.73 Å². The van der Waals surface area contributed by atoms with E-state index in [-0.39, 0.29) is 5.82 Å². The van der Waals surface area contributed by atoms with Crippen molar-refractivity contribution >= 4 is 15.9 Å². The van der Waals surface area contributed by atoms with Crippen LogP contribution in [0.4, 0.5) is 4.39 Å². The molecule has 0 amide bonds. The molecule has 4 heteroatoms. The maximum Gasteiger partial charge on any atom is 0.129 e. The molecule has 0 aliphatic heterocycles. The topological polar surface area (TPSA) is 49.8 Å². The van der Waals surface area contributed by atoms with Gasteiger partial charge in [0.05, 0.1) is 11.5 Å². The molecular weight excluding hydrogens is 271 g/mol. The van der Waals surface area contributed by atoms with Crippen LogP contribution >= 0.6 is 15.9 Å². The molecule has 1 aromatic carbocycles. The molecule has 1 saturated carbocycles. The number of rotatable bonds is 1. The van der Waals surface area contributed by atoms with Crippen LogP contribution < -0.4 is 5.73 Å². The molecular formula is C12H12BrFN2. The van der Waals surface area contributed by atoms with Crippen molar-refractivity contribution in [2.75, 3.05) is 0 Å². The number of nitriles is 1. The largest absolute Gasteiger partial charge is 0.321 e. The van der Waals surface area contributed by atoms with E-state index in [1.54, 1.807) is 12.1 Å². The molecule has 0 heterocycles. The molecule has 2 N–H and O–H groups in total. The fourth-order valence-electron chi connectivity index (χ4n) is 2.50. The van der Waals surface area contributed by atoms with Gasteiger partial charge in [-0.1, -0.05) is 22.0 Å². The van der Waals surface area contributed by atoms with Crippen molar-refractivity contribution in [3.05, 3.63) is 34.1 Å². The Labute approximate surface area is 102 Å². The Kier molecular flexibility index (Phi) is 2.56. The van der Waals surface area contributed by atoms with Gasteiger partial charge in [0, 0.05) is 15.6 Å². The van der Waals surface area contributed by atoms with Crippen molar-refractivity contribution in [2.45, 2.75) is 25.3 Å². The summed E-state index contributed by atoms with van der Waals surface area (Å²) in [6.07, 6.45) is 1.02. The molecule has 0 unspecified atom stereocenters. The maximum absolute atomic E-state index is 13.7. The fourth-order valence-corrected chi connectivity index (χ4v) is 2.84. The number of nitrogens with zero attached hydrogens (tertiary/aromatic N) is 1. The third kappa shape index (κ3) is 1.74. The lowest BCUT2D eigenvalue weighted by Crippen LogP contribution is -2.54. The zero-order valence-corrected chi connectivity index (χ0v) is 10.5. The molecule has 0 spiro atoms. The zero-order chi connectivity index (χ0) is 12.0. The average molecular weight is 283 g/mol. The van der Waals surface area contributed by atoms with E-state index in [4.69, 9.17) is 11.0 Å². The second-order valence-electron chi connectivity index (χ2n) is 4.81. The van der Waals surface area contributed by atoms with Crippen LogP contribution in [0.5, 0.6) is 0 Å². The molecule has 0 aromatic heterocycles. The summed E-state index contributed by atoms with van der Waals surface area (Å²) in [7, 11) is 0. The summed E-state index contributed by atoms with van der Waals surface area (Å²) in [5.74, 6) is -0.308. The van der Waals surface area contributed by atoms with Crippen LogP contribution in [0.15, 0.2) is 22.7 Å². The molecule has 84 valence electrons. The van der Waals surface area contributed by atoms with E-state index in [9.17, 15) is 4.39 Å². The summed E-state index contributed by atoms with van der Waals surface area (Å²) >= 11 is 3.21. The van der Waals surface area contributed by atoms with E-state index in [1.807, 2.05) is 6.92 Å². The van der Waals surface area contributed by atoms with Crippen LogP contribution in [0.25, 0.3) is 0 Å². The Morgan fingerprint density at radius 1 is 1.50 bits per heavy atom. The van der Waals surface area contributed by atoms with Crippen LogP contribution in [0, 0.1) is 22.6 Å². The predicted octanol–water partition coefficient (Wildman–Crippen LogP) is 3.07. The zero-order valence-electron chi connectivity index (χ0n) is 8.93. The number of hydrogen-bond donors (Lipinski definition) is 1. The summed E-state index contributed by atoms with van der Waals surface area (Å²) in [5.41, 5.74) is 5.53. The van der Waals surface area contributed by atoms with Crippen LogP contribution in [0.1, 0.15) is 25.3 Å². The number of hydrogen-bond acceptors (Lipinski definition) is 2. The van der Waals surface area contributed by atoms with Crippen molar-refractivity contribution in [1.82, 2.24) is 0 Å². The Morgan fingerprint density at radius 3 is 2.62 bits per heavy atom. The van der Waals surface area contributed by atoms with Gasteiger partial charge in [-0.3, -0.25) is 0 Å². The number of benzene rings is 1. The summed E-state index contributed by atoms with van der Waals surface area (Å²) < 4.78 is 14.4. The molecule has 0 bridgehead atoms. The van der Waals surface area contributed by atoms with Gasteiger partial charge in [0.2, 0.25) is 0 Å². The number of halogens is 2. The molecule has 1 aliphatic carbocycles. The summed E-state index contributed by atoms with van der Waals surface area (Å²) in [6, 6.07) is 7.09. The van der Waals surface area contributed by atoms with Crippen LogP contribution in [0.2, 0.25) is 0 Å². The Balaban J connectivity index is 2.31. The van der Waals surface area contributed by atoms with Gasteiger partial charge in [0.1, 0.15) is 5.82 Å². The molecule has 0 radical (unpaired) electrons. The highest BCUT2D eigenvalue weighted by Crippen LogP contribution is 2.52. The van der Waals surface area contributed by atoms with Gasteiger partial charge in [0.25, 0.3) is 0 Å². The van der Waals surface area contributed by atoms with Crippen molar-refractivity contribution in [2.24, 2.45) is 11.1 Å². The number of nitrogens with two attached hydrogens (primary N) is 1. The summed E-state index contributed by atoms with van der Waals surface area (Å²) in [5, 5.41) is 8.93. The standard InChI is InChI=1S/C12H12BrFN2/c1-11(7-15)5-12(16,6-11)9-3-2-8(13)4-10(9)14/h2-4H,5-6,16H2,1H3. The van der Waals surface area contributed by atoms with Gasteiger partial charge in [0.15, 0.2) is 0 Å². The van der Waals surface area contributed by atoms with Crippen molar-refractivity contribution in [3.8, 4) is 6.07 Å². The normalized spacial score (nSPS) is 32.9. The molecule has 0 atom stereocenters. The second kappa shape index (κ2) is 3.54. The van der Waals surface area contributed by atoms with Crippen LogP contribution in [0.3, 0.4) is 0 Å². The van der Waals surface area contributed by atoms with E-state index < -0.39 is 11.0 Å². The first-order valence-corrected chi connectivity index (χ1v) is 5.84. The van der Waals surface area contributed by atoms with E-state index >= 15 is 0 Å². The van der Waals surface area contributed by atoms with Crippen molar-refractivity contribution in [3.63, 3.8) is 0 Å². The monoisotopic (exact) mass is 282 g/mol. The van der Waals surface area contributed by atoms with E-state index in [0.29, 0.717) is 22.9 Å². The molecule has 1 fully saturated rings. The lowest BCUT2D eigenvalue weighted by atomic mass is 9.57. The molecule has 2 rings (SSSR count). The van der Waals surface area contributed by atoms with E-state index in [1.165, 1.54) is 6.07 Å². The smallest absolute Gasteiger partial charge is 0.129 e. The van der Waals surface area contributed by atoms with Gasteiger partial charge >= 0.3 is 0 Å². The minimum atomic E-state index is -0.685. The van der Waals surface area contributed by atoms with E-state index in [0.717, 1.165) is 0 Å². The van der Waals surface area contributed by atoms with Crippen molar-refractivity contribution in [1.29, 1.82) is 5.26 Å². The first kappa shape index (κ1) is 11.6. The Bertz CT molecular complexity index is 472. The molecule has 16 heavy (non-hydrogen) atoms. The van der Waals surface area contributed by atoms with Crippen LogP contribution in [-0.4, -0.2) is 0 Å². The highest BCUT2D eigenvalue weighted by atomic mass is 79.9. The lowest BCUT2D eigenvalue weighted by molar-refractivity contribution is 0.0943. The third-order valence-corrected chi connectivity index (χ3v) is 3.64. The van der Waals surface area contributed by atoms with Crippen molar-refractivity contribution < 1.29 is 4.39 Å². The summed E-state index contributed by atoms with van der Waals surface area (Å²) in [6.45, 7) is 1.86. The van der Waals surface area contributed by atoms with Gasteiger partial charge in [-0.25, -0.2) is 4.39 Å². The lowest BCUT2D eigenvalue weighted by Gasteiger charge is -2.49. The molecule has 2 nitrogen and oxygen atoms in total. The minimum Gasteiger partial charge on any atom is -0.321 e. The summed E-state index contributed by atoms with van der Waals surface area (Å²) in [4.78, 5) is 0. The first-order chi connectivity index (χ1) is 7.38. The first-order valence-electron chi connectivity index (χ1n) is 5.04. The Hall–Kier alpha value is -0.920. The molecule has 1 aromatic rings. The van der Waals surface area contributed by atoms with E-state index in [2.05, 4.69) is 22.0 Å². The van der Waals surface area contributed by atoms with Gasteiger partial charge in [-0.2, -0.15) is 5.26 Å². The highest BCUT2D eigenvalue weighted by molar-refractivity contribution is 9.10. The molecule has 0 saturated heterocycles. The van der Waals surface area contributed by atoms with Gasteiger partial charge in [-0.05, 0) is 31.9 Å². The predicted molar refractivity (Wildman–Crippen MR) is 62.9 cm³/mol. The second-order valence-corrected chi connectivity index (χ2v) is 5.72. The van der Waals surface area contributed by atoms with Gasteiger partial charge in [-0.15, -0.1) is 0 Å². The Morgan fingerprint density at radius 2 is 2.12 bits per heavy atom. The average Bonchev–Trinajstić information content (AvgIpc) is 2.15. The minimum absolute atomic E-state index is 0.308. The third-order valence-electron chi connectivity index (χ3n) is 3.15. The maximum atomic E-state index is 13.7. The quantitative estimate of drug-likeness (QED) is 0.861. The SMILES string of the molecule is CC1(C#N)CC(N)(c2ccc(Br)cc2F)C1. The van der Waals surface area contributed by atoms with Crippen LogP contribution in [-0.2, 0) is 5.54 Å². The highest BCUT2D eigenvalue weighted by Gasteiger charge is 2.51.